The predicted molar refractivity (Wildman–Crippen MR) is 103 cm³/mol. The molecule has 1 aliphatic heterocycles. The van der Waals surface area contributed by atoms with Crippen LogP contribution in [0.5, 0.6) is 11.5 Å². The van der Waals surface area contributed by atoms with Gasteiger partial charge in [-0.2, -0.15) is 0 Å². The molecule has 6 N–H and O–H groups in total. The fourth-order valence-corrected chi connectivity index (χ4v) is 2.64. The summed E-state index contributed by atoms with van der Waals surface area (Å²) in [5.74, 6) is -1.41. The summed E-state index contributed by atoms with van der Waals surface area (Å²) >= 11 is 0. The highest BCUT2D eigenvalue weighted by atomic mass is 16.7. The Kier molecular flexibility index (Phi) is 8.78. The van der Waals surface area contributed by atoms with Gasteiger partial charge in [-0.15, -0.1) is 0 Å². The maximum Gasteiger partial charge on any atom is 0.330 e. The van der Waals surface area contributed by atoms with Crippen LogP contribution in [0.1, 0.15) is 12.5 Å². The van der Waals surface area contributed by atoms with Crippen molar-refractivity contribution in [3.8, 4) is 11.5 Å². The lowest BCUT2D eigenvalue weighted by atomic mass is 9.99. The maximum atomic E-state index is 11.9. The quantitative estimate of drug-likeness (QED) is 0.137. The van der Waals surface area contributed by atoms with Crippen molar-refractivity contribution in [1.82, 2.24) is 0 Å². The summed E-state index contributed by atoms with van der Waals surface area (Å²) in [6, 6.07) is 3.98. The third-order valence-electron chi connectivity index (χ3n) is 4.38. The van der Waals surface area contributed by atoms with Gasteiger partial charge in [0, 0.05) is 6.08 Å². The minimum absolute atomic E-state index is 0.0137. The molecule has 0 aliphatic carbocycles. The van der Waals surface area contributed by atoms with Crippen LogP contribution in [0.4, 0.5) is 0 Å². The van der Waals surface area contributed by atoms with Gasteiger partial charge in [0.05, 0.1) is 13.2 Å². The molecule has 166 valence electrons. The van der Waals surface area contributed by atoms with E-state index in [0.717, 1.165) is 6.08 Å². The van der Waals surface area contributed by atoms with Gasteiger partial charge in [0.2, 0.25) is 0 Å². The van der Waals surface area contributed by atoms with E-state index in [1.165, 1.54) is 30.4 Å². The highest BCUT2D eigenvalue weighted by Crippen LogP contribution is 2.25. The van der Waals surface area contributed by atoms with Crippen LogP contribution in [0, 0.1) is 0 Å². The molecule has 1 fully saturated rings. The molecular weight excluding hydrogens is 400 g/mol. The Bertz CT molecular complexity index is 775. The van der Waals surface area contributed by atoms with E-state index in [1.54, 1.807) is 6.92 Å². The SMILES string of the molecule is C/C(=C\CO)CO[C@@H]1OC(COC(=O)/C=C/c2ccc(O)c(O)c2)[C@@H](O)C(O)C1O. The van der Waals surface area contributed by atoms with Gasteiger partial charge in [-0.3, -0.25) is 0 Å². The second-order valence-electron chi connectivity index (χ2n) is 6.77. The van der Waals surface area contributed by atoms with Crippen LogP contribution in [0.2, 0.25) is 0 Å². The number of ether oxygens (including phenoxy) is 3. The number of aliphatic hydroxyl groups is 4. The summed E-state index contributed by atoms with van der Waals surface area (Å²) < 4.78 is 15.8. The minimum atomic E-state index is -1.58. The first-order valence-electron chi connectivity index (χ1n) is 9.17. The van der Waals surface area contributed by atoms with Gasteiger partial charge in [-0.1, -0.05) is 12.1 Å². The number of benzene rings is 1. The number of carbonyl (C=O) groups is 1. The van der Waals surface area contributed by atoms with Crippen LogP contribution < -0.4 is 0 Å². The first-order valence-corrected chi connectivity index (χ1v) is 9.17. The average Bonchev–Trinajstić information content (AvgIpc) is 2.72. The van der Waals surface area contributed by atoms with Gasteiger partial charge in [0.25, 0.3) is 0 Å². The predicted octanol–water partition coefficient (Wildman–Crippen LogP) is -0.583. The van der Waals surface area contributed by atoms with Crippen LogP contribution in [0.15, 0.2) is 35.9 Å². The normalized spacial score (nSPS) is 27.4. The zero-order valence-electron chi connectivity index (χ0n) is 16.3. The molecule has 0 spiro atoms. The third kappa shape index (κ3) is 6.52. The zero-order chi connectivity index (χ0) is 22.3. The van der Waals surface area contributed by atoms with E-state index in [4.69, 9.17) is 19.3 Å². The van der Waals surface area contributed by atoms with Crippen molar-refractivity contribution in [2.24, 2.45) is 0 Å². The highest BCUT2D eigenvalue weighted by Gasteiger charge is 2.44. The highest BCUT2D eigenvalue weighted by molar-refractivity contribution is 5.87. The molecule has 0 bridgehead atoms. The molecule has 1 saturated heterocycles. The lowest BCUT2D eigenvalue weighted by molar-refractivity contribution is -0.299. The van der Waals surface area contributed by atoms with E-state index in [9.17, 15) is 30.3 Å². The number of hydrogen-bond acceptors (Lipinski definition) is 10. The van der Waals surface area contributed by atoms with Crippen molar-refractivity contribution in [1.29, 1.82) is 0 Å². The molecule has 1 aromatic carbocycles. The van der Waals surface area contributed by atoms with Crippen LogP contribution >= 0.6 is 0 Å². The molecule has 10 heteroatoms. The largest absolute Gasteiger partial charge is 0.504 e. The second-order valence-corrected chi connectivity index (χ2v) is 6.77. The minimum Gasteiger partial charge on any atom is -0.504 e. The molecule has 1 aromatic rings. The standard InChI is InChI=1S/C20H26O10/c1-11(6-7-21)9-29-20-19(27)18(26)17(25)15(30-20)10-28-16(24)5-3-12-2-4-13(22)14(23)8-12/h2-6,8,15,17-23,25-27H,7,9-10H2,1H3/b5-3+,11-6+/t15?,17-,18?,19?,20-/m1/s1. The van der Waals surface area contributed by atoms with Crippen molar-refractivity contribution < 1.29 is 49.6 Å². The Hall–Kier alpha value is -2.47. The summed E-state index contributed by atoms with van der Waals surface area (Å²) in [5, 5.41) is 57.6. The van der Waals surface area contributed by atoms with Gasteiger partial charge in [0.1, 0.15) is 31.0 Å². The Balaban J connectivity index is 1.91. The number of phenolic OH excluding ortho intramolecular Hbond substituents is 2. The van der Waals surface area contributed by atoms with E-state index in [-0.39, 0.29) is 24.7 Å². The number of rotatable bonds is 8. The average molecular weight is 426 g/mol. The molecule has 1 heterocycles. The Labute approximate surface area is 172 Å². The summed E-state index contributed by atoms with van der Waals surface area (Å²) in [7, 11) is 0. The van der Waals surface area contributed by atoms with E-state index in [2.05, 4.69) is 0 Å². The van der Waals surface area contributed by atoms with E-state index in [0.29, 0.717) is 11.1 Å². The zero-order valence-corrected chi connectivity index (χ0v) is 16.3. The smallest absolute Gasteiger partial charge is 0.330 e. The Morgan fingerprint density at radius 2 is 1.87 bits per heavy atom. The van der Waals surface area contributed by atoms with Crippen molar-refractivity contribution in [3.05, 3.63) is 41.5 Å². The second kappa shape index (κ2) is 11.1. The first-order chi connectivity index (χ1) is 14.2. The van der Waals surface area contributed by atoms with Gasteiger partial charge < -0.3 is 44.8 Å². The summed E-state index contributed by atoms with van der Waals surface area (Å²) in [4.78, 5) is 11.9. The molecule has 0 aromatic heterocycles. The Morgan fingerprint density at radius 3 is 2.53 bits per heavy atom. The van der Waals surface area contributed by atoms with Gasteiger partial charge >= 0.3 is 5.97 Å². The first kappa shape index (κ1) is 23.8. The monoisotopic (exact) mass is 426 g/mol. The lowest BCUT2D eigenvalue weighted by Crippen LogP contribution is -2.59. The maximum absolute atomic E-state index is 11.9. The number of phenols is 2. The van der Waals surface area contributed by atoms with E-state index < -0.39 is 43.3 Å². The molecule has 30 heavy (non-hydrogen) atoms. The number of hydrogen-bond donors (Lipinski definition) is 6. The molecule has 0 saturated carbocycles. The number of aromatic hydroxyl groups is 2. The summed E-state index contributed by atoms with van der Waals surface area (Å²) in [6.45, 7) is 1.11. The van der Waals surface area contributed by atoms with Crippen LogP contribution in [0.25, 0.3) is 6.08 Å². The number of esters is 1. The molecule has 1 aliphatic rings. The molecule has 2 rings (SSSR count). The molecule has 10 nitrogen and oxygen atoms in total. The fraction of sp³-hybridized carbons (Fsp3) is 0.450. The fourth-order valence-electron chi connectivity index (χ4n) is 2.64. The van der Waals surface area contributed by atoms with Crippen LogP contribution in [0.3, 0.4) is 0 Å². The third-order valence-corrected chi connectivity index (χ3v) is 4.38. The topological polar surface area (TPSA) is 166 Å². The molecule has 5 atom stereocenters. The molecule has 3 unspecified atom stereocenters. The molecule has 0 radical (unpaired) electrons. The molecular formula is C20H26O10. The summed E-state index contributed by atoms with van der Waals surface area (Å²) in [6.07, 6.45) is -3.11. The Morgan fingerprint density at radius 1 is 1.13 bits per heavy atom. The van der Waals surface area contributed by atoms with Crippen molar-refractivity contribution in [2.75, 3.05) is 19.8 Å². The van der Waals surface area contributed by atoms with E-state index >= 15 is 0 Å². The van der Waals surface area contributed by atoms with Gasteiger partial charge in [-0.25, -0.2) is 4.79 Å². The summed E-state index contributed by atoms with van der Waals surface area (Å²) in [5.41, 5.74) is 1.11. The van der Waals surface area contributed by atoms with Gasteiger partial charge in [0.15, 0.2) is 17.8 Å². The lowest BCUT2D eigenvalue weighted by Gasteiger charge is -2.39. The van der Waals surface area contributed by atoms with Crippen molar-refractivity contribution in [2.45, 2.75) is 37.6 Å². The number of carbonyl (C=O) groups excluding carboxylic acids is 1. The van der Waals surface area contributed by atoms with Gasteiger partial charge in [-0.05, 0) is 36.3 Å². The van der Waals surface area contributed by atoms with Crippen molar-refractivity contribution in [3.63, 3.8) is 0 Å². The van der Waals surface area contributed by atoms with Crippen molar-refractivity contribution >= 4 is 12.0 Å². The number of aliphatic hydroxyl groups excluding tert-OH is 4. The van der Waals surface area contributed by atoms with Crippen LogP contribution in [-0.2, 0) is 19.0 Å². The van der Waals surface area contributed by atoms with Crippen LogP contribution in [-0.4, -0.2) is 87.1 Å². The molecule has 0 amide bonds. The van der Waals surface area contributed by atoms with E-state index in [1.807, 2.05) is 0 Å².